The van der Waals surface area contributed by atoms with Crippen LogP contribution in [-0.2, 0) is 0 Å². The molecule has 0 aliphatic carbocycles. The first-order chi connectivity index (χ1) is 8.24. The van der Waals surface area contributed by atoms with E-state index in [1.165, 1.54) is 57.1 Å². The summed E-state index contributed by atoms with van der Waals surface area (Å²) in [5, 5.41) is 0. The van der Waals surface area contributed by atoms with Gasteiger partial charge in [0.2, 0.25) is 0 Å². The van der Waals surface area contributed by atoms with Gasteiger partial charge in [-0.25, -0.2) is 0 Å². The third kappa shape index (κ3) is 6.24. The van der Waals surface area contributed by atoms with Crippen molar-refractivity contribution in [3.8, 4) is 0 Å². The van der Waals surface area contributed by atoms with Gasteiger partial charge < -0.3 is 0 Å². The summed E-state index contributed by atoms with van der Waals surface area (Å²) >= 11 is 0. The molecule has 0 bridgehead atoms. The zero-order valence-corrected chi connectivity index (χ0v) is 12.8. The first kappa shape index (κ1) is 16.7. The van der Waals surface area contributed by atoms with E-state index in [9.17, 15) is 0 Å². The van der Waals surface area contributed by atoms with Gasteiger partial charge >= 0.3 is 0 Å². The summed E-state index contributed by atoms with van der Waals surface area (Å²) in [7, 11) is 2.00. The monoisotopic (exact) mass is 239 g/mol. The average molecular weight is 239 g/mol. The molecule has 1 heteroatoms. The molecule has 0 radical (unpaired) electrons. The Morgan fingerprint density at radius 1 is 0.824 bits per heavy atom. The molecule has 0 fully saturated rings. The van der Waals surface area contributed by atoms with Gasteiger partial charge in [0.1, 0.15) is 0 Å². The normalized spacial score (nSPS) is 14.4. The van der Waals surface area contributed by atoms with E-state index in [0.29, 0.717) is 0 Å². The Hall–Kier alpha value is -0.330. The lowest BCUT2D eigenvalue weighted by Crippen LogP contribution is -2.24. The number of aliphatic imine (C=N–C) groups is 1. The predicted octanol–water partition coefficient (Wildman–Crippen LogP) is 5.49. The molecule has 1 unspecified atom stereocenters. The summed E-state index contributed by atoms with van der Waals surface area (Å²) in [5.41, 5.74) is 1.52. The van der Waals surface area contributed by atoms with Crippen molar-refractivity contribution in [2.45, 2.75) is 79.1 Å². The maximum atomic E-state index is 4.67. The van der Waals surface area contributed by atoms with Crippen LogP contribution >= 0.6 is 0 Å². The van der Waals surface area contributed by atoms with Crippen LogP contribution in [0, 0.1) is 11.8 Å². The Labute approximate surface area is 109 Å². The molecule has 0 aromatic carbocycles. The molecule has 0 saturated heterocycles. The third-order valence-corrected chi connectivity index (χ3v) is 3.77. The number of hydrogen-bond acceptors (Lipinski definition) is 1. The Morgan fingerprint density at radius 2 is 1.41 bits per heavy atom. The molecule has 1 nitrogen and oxygen atoms in total. The maximum Gasteiger partial charge on any atom is 0.0276 e. The van der Waals surface area contributed by atoms with E-state index >= 15 is 0 Å². The highest BCUT2D eigenvalue weighted by molar-refractivity contribution is 5.88. The molecule has 0 aliphatic rings. The lowest BCUT2D eigenvalue weighted by atomic mass is 9.82. The van der Waals surface area contributed by atoms with Gasteiger partial charge in [0.25, 0.3) is 0 Å². The smallest absolute Gasteiger partial charge is 0.0276 e. The van der Waals surface area contributed by atoms with Crippen molar-refractivity contribution in [1.82, 2.24) is 0 Å². The van der Waals surface area contributed by atoms with Crippen LogP contribution in [0.15, 0.2) is 4.99 Å². The molecule has 0 aromatic rings. The molecular formula is C16H33N. The molecule has 102 valence electrons. The summed E-state index contributed by atoms with van der Waals surface area (Å²) in [4.78, 5) is 4.67. The lowest BCUT2D eigenvalue weighted by molar-refractivity contribution is 0.492. The van der Waals surface area contributed by atoms with Crippen molar-refractivity contribution in [3.63, 3.8) is 0 Å². The van der Waals surface area contributed by atoms with Gasteiger partial charge in [-0.3, -0.25) is 4.99 Å². The fourth-order valence-electron chi connectivity index (χ4n) is 2.85. The molecule has 0 heterocycles. The lowest BCUT2D eigenvalue weighted by Gasteiger charge is -2.25. The van der Waals surface area contributed by atoms with Gasteiger partial charge in [-0.15, -0.1) is 0 Å². The zero-order valence-electron chi connectivity index (χ0n) is 12.8. The molecule has 0 N–H and O–H groups in total. The average Bonchev–Trinajstić information content (AvgIpc) is 2.34. The summed E-state index contributed by atoms with van der Waals surface area (Å²) in [5.74, 6) is 1.49. The Balaban J connectivity index is 4.60. The second-order valence-corrected chi connectivity index (χ2v) is 5.17. The van der Waals surface area contributed by atoms with Crippen LogP contribution < -0.4 is 0 Å². The van der Waals surface area contributed by atoms with Crippen LogP contribution in [0.4, 0.5) is 0 Å². The quantitative estimate of drug-likeness (QED) is 0.447. The number of unbranched alkanes of at least 4 members (excludes halogenated alkanes) is 1. The first-order valence-corrected chi connectivity index (χ1v) is 7.71. The van der Waals surface area contributed by atoms with E-state index in [1.807, 2.05) is 7.05 Å². The van der Waals surface area contributed by atoms with Crippen LogP contribution in [0.3, 0.4) is 0 Å². The predicted molar refractivity (Wildman–Crippen MR) is 80.0 cm³/mol. The molecule has 0 amide bonds. The second-order valence-electron chi connectivity index (χ2n) is 5.17. The minimum atomic E-state index is 0.739. The van der Waals surface area contributed by atoms with Gasteiger partial charge in [-0.05, 0) is 37.5 Å². The van der Waals surface area contributed by atoms with E-state index in [1.54, 1.807) is 0 Å². The van der Waals surface area contributed by atoms with E-state index in [4.69, 9.17) is 0 Å². The summed E-state index contributed by atoms with van der Waals surface area (Å²) in [6.45, 7) is 9.19. The van der Waals surface area contributed by atoms with Crippen molar-refractivity contribution < 1.29 is 0 Å². The number of nitrogens with zero attached hydrogens (tertiary/aromatic N) is 1. The van der Waals surface area contributed by atoms with Gasteiger partial charge in [0.15, 0.2) is 0 Å². The molecule has 0 saturated carbocycles. The summed E-state index contributed by atoms with van der Waals surface area (Å²) < 4.78 is 0. The van der Waals surface area contributed by atoms with Gasteiger partial charge in [-0.1, -0.05) is 53.4 Å². The number of hydrogen-bond donors (Lipinski definition) is 0. The molecule has 17 heavy (non-hydrogen) atoms. The number of rotatable bonds is 10. The Morgan fingerprint density at radius 3 is 1.76 bits per heavy atom. The molecule has 0 aliphatic heterocycles. The first-order valence-electron chi connectivity index (χ1n) is 7.71. The highest BCUT2D eigenvalue weighted by Gasteiger charge is 2.21. The molecule has 0 aromatic heterocycles. The molecular weight excluding hydrogens is 206 g/mol. The van der Waals surface area contributed by atoms with Crippen LogP contribution in [0.25, 0.3) is 0 Å². The largest absolute Gasteiger partial charge is 0.297 e. The Kier molecular flexibility index (Phi) is 10.6. The van der Waals surface area contributed by atoms with Crippen molar-refractivity contribution in [1.29, 1.82) is 0 Å². The topological polar surface area (TPSA) is 12.4 Å². The molecule has 0 rings (SSSR count). The SMILES string of the molecule is CCCCC(CC)C(=NC)C(CCC)CCC. The Bertz CT molecular complexity index is 190. The summed E-state index contributed by atoms with van der Waals surface area (Å²) in [6.07, 6.45) is 10.5. The van der Waals surface area contributed by atoms with Gasteiger partial charge in [-0.2, -0.15) is 0 Å². The van der Waals surface area contributed by atoms with E-state index in [0.717, 1.165) is 11.8 Å². The molecule has 1 atom stereocenters. The van der Waals surface area contributed by atoms with Gasteiger partial charge in [0, 0.05) is 12.8 Å². The van der Waals surface area contributed by atoms with Crippen molar-refractivity contribution in [3.05, 3.63) is 0 Å². The highest BCUT2D eigenvalue weighted by atomic mass is 14.7. The van der Waals surface area contributed by atoms with Crippen LogP contribution in [0.1, 0.15) is 79.1 Å². The van der Waals surface area contributed by atoms with E-state index < -0.39 is 0 Å². The van der Waals surface area contributed by atoms with E-state index in [2.05, 4.69) is 32.7 Å². The van der Waals surface area contributed by atoms with Crippen molar-refractivity contribution in [2.24, 2.45) is 16.8 Å². The minimum Gasteiger partial charge on any atom is -0.297 e. The summed E-state index contributed by atoms with van der Waals surface area (Å²) in [6, 6.07) is 0. The van der Waals surface area contributed by atoms with Crippen LogP contribution in [0.2, 0.25) is 0 Å². The highest BCUT2D eigenvalue weighted by Crippen LogP contribution is 2.25. The minimum absolute atomic E-state index is 0.739. The fraction of sp³-hybridized carbons (Fsp3) is 0.938. The van der Waals surface area contributed by atoms with Crippen LogP contribution in [0.5, 0.6) is 0 Å². The standard InChI is InChI=1S/C16H33N/c1-6-10-13-14(9-4)16(17-5)15(11-7-2)12-8-3/h14-15H,6-13H2,1-5H3. The van der Waals surface area contributed by atoms with E-state index in [-0.39, 0.29) is 0 Å². The third-order valence-electron chi connectivity index (χ3n) is 3.77. The zero-order chi connectivity index (χ0) is 13.1. The van der Waals surface area contributed by atoms with Crippen molar-refractivity contribution in [2.75, 3.05) is 7.05 Å². The fourth-order valence-corrected chi connectivity index (χ4v) is 2.85. The van der Waals surface area contributed by atoms with Gasteiger partial charge in [0.05, 0.1) is 0 Å². The second kappa shape index (κ2) is 10.8. The maximum absolute atomic E-state index is 4.67. The molecule has 0 spiro atoms. The van der Waals surface area contributed by atoms with Crippen LogP contribution in [-0.4, -0.2) is 12.8 Å². The van der Waals surface area contributed by atoms with Crippen molar-refractivity contribution >= 4 is 5.71 Å².